The molecule has 2 heterocycles. The molecular formula is C22H24ClFN4O. The number of carbonyl (C=O) groups excluding carboxylic acids is 1. The number of benzene rings is 2. The van der Waals surface area contributed by atoms with Crippen LogP contribution in [0.4, 0.5) is 4.39 Å². The largest absolute Gasteiger partial charge is 0.337 e. The highest BCUT2D eigenvalue weighted by Crippen LogP contribution is 2.27. The van der Waals surface area contributed by atoms with Crippen LogP contribution in [0, 0.1) is 5.82 Å². The zero-order valence-corrected chi connectivity index (χ0v) is 17.0. The lowest BCUT2D eigenvalue weighted by molar-refractivity contribution is 0.0784. The van der Waals surface area contributed by atoms with Crippen LogP contribution in [0.25, 0.3) is 11.3 Å². The van der Waals surface area contributed by atoms with E-state index in [0.717, 1.165) is 47.5 Å². The second kappa shape index (κ2) is 9.20. The summed E-state index contributed by atoms with van der Waals surface area (Å²) in [5.41, 5.74) is 4.39. The Morgan fingerprint density at radius 3 is 2.69 bits per heavy atom. The second-order valence-electron chi connectivity index (χ2n) is 7.22. The van der Waals surface area contributed by atoms with Gasteiger partial charge in [0.25, 0.3) is 5.91 Å². The Morgan fingerprint density at radius 2 is 1.97 bits per heavy atom. The van der Waals surface area contributed by atoms with Gasteiger partial charge in [-0.25, -0.2) is 4.39 Å². The van der Waals surface area contributed by atoms with E-state index < -0.39 is 0 Å². The molecule has 1 fully saturated rings. The van der Waals surface area contributed by atoms with Gasteiger partial charge in [0.05, 0.1) is 11.9 Å². The van der Waals surface area contributed by atoms with Crippen molar-refractivity contribution in [3.05, 3.63) is 77.2 Å². The molecule has 5 nitrogen and oxygen atoms in total. The molecule has 1 aliphatic heterocycles. The van der Waals surface area contributed by atoms with Crippen molar-refractivity contribution >= 4 is 18.3 Å². The number of hydrogen-bond acceptors (Lipinski definition) is 3. The average Bonchev–Trinajstić information content (AvgIpc) is 3.40. The summed E-state index contributed by atoms with van der Waals surface area (Å²) in [5.74, 6) is 0.0844. The van der Waals surface area contributed by atoms with Crippen LogP contribution in [0.1, 0.15) is 33.8 Å². The van der Waals surface area contributed by atoms with Crippen molar-refractivity contribution in [2.75, 3.05) is 20.1 Å². The maximum Gasteiger partial charge on any atom is 0.254 e. The number of nitrogens with one attached hydrogen (secondary N) is 2. The first kappa shape index (κ1) is 21.0. The summed E-state index contributed by atoms with van der Waals surface area (Å²) in [6.07, 6.45) is 2.76. The van der Waals surface area contributed by atoms with E-state index in [-0.39, 0.29) is 24.1 Å². The van der Waals surface area contributed by atoms with Crippen LogP contribution in [0.15, 0.2) is 54.7 Å². The van der Waals surface area contributed by atoms with Crippen molar-refractivity contribution < 1.29 is 9.18 Å². The van der Waals surface area contributed by atoms with Crippen LogP contribution in [0.5, 0.6) is 0 Å². The van der Waals surface area contributed by atoms with E-state index in [1.54, 1.807) is 30.3 Å². The Morgan fingerprint density at radius 1 is 1.21 bits per heavy atom. The monoisotopic (exact) mass is 414 g/mol. The SMILES string of the molecule is CN(Cc1cn[nH]c1-c1ccc(F)cc1)C(=O)c1ccccc1C1CCNC1.Cl. The molecule has 1 aliphatic rings. The number of H-pyrrole nitrogens is 1. The second-order valence-corrected chi connectivity index (χ2v) is 7.22. The lowest BCUT2D eigenvalue weighted by atomic mass is 9.93. The van der Waals surface area contributed by atoms with Gasteiger partial charge in [0.1, 0.15) is 5.82 Å². The fourth-order valence-electron chi connectivity index (χ4n) is 3.80. The first-order valence-corrected chi connectivity index (χ1v) is 9.47. The van der Waals surface area contributed by atoms with Crippen molar-refractivity contribution in [2.24, 2.45) is 0 Å². The molecule has 0 aliphatic carbocycles. The molecule has 4 rings (SSSR count). The van der Waals surface area contributed by atoms with Gasteiger partial charge in [0.2, 0.25) is 0 Å². The van der Waals surface area contributed by atoms with E-state index in [1.807, 2.05) is 18.2 Å². The zero-order chi connectivity index (χ0) is 19.5. The molecule has 1 aromatic heterocycles. The van der Waals surface area contributed by atoms with Crippen LogP contribution in [0.3, 0.4) is 0 Å². The first-order chi connectivity index (χ1) is 13.6. The summed E-state index contributed by atoms with van der Waals surface area (Å²) in [7, 11) is 1.80. The molecule has 1 unspecified atom stereocenters. The summed E-state index contributed by atoms with van der Waals surface area (Å²) in [4.78, 5) is 14.9. The van der Waals surface area contributed by atoms with E-state index in [4.69, 9.17) is 0 Å². The van der Waals surface area contributed by atoms with Crippen LogP contribution in [-0.2, 0) is 6.54 Å². The van der Waals surface area contributed by atoms with Gasteiger partial charge in [0.15, 0.2) is 0 Å². The van der Waals surface area contributed by atoms with Gasteiger partial charge in [-0.1, -0.05) is 18.2 Å². The van der Waals surface area contributed by atoms with Crippen molar-refractivity contribution in [3.63, 3.8) is 0 Å². The summed E-state index contributed by atoms with van der Waals surface area (Å²) < 4.78 is 13.2. The lowest BCUT2D eigenvalue weighted by Gasteiger charge is -2.21. The van der Waals surface area contributed by atoms with Gasteiger partial charge in [-0.3, -0.25) is 9.89 Å². The van der Waals surface area contributed by atoms with Gasteiger partial charge in [0, 0.05) is 36.8 Å². The summed E-state index contributed by atoms with van der Waals surface area (Å²) >= 11 is 0. The molecule has 7 heteroatoms. The number of amides is 1. The third-order valence-electron chi connectivity index (χ3n) is 5.30. The van der Waals surface area contributed by atoms with Gasteiger partial charge in [-0.2, -0.15) is 5.10 Å². The maximum atomic E-state index is 13.2. The van der Waals surface area contributed by atoms with Gasteiger partial charge >= 0.3 is 0 Å². The molecule has 152 valence electrons. The molecule has 0 bridgehead atoms. The molecular weight excluding hydrogens is 391 g/mol. The maximum absolute atomic E-state index is 13.2. The van der Waals surface area contributed by atoms with E-state index in [1.165, 1.54) is 12.1 Å². The highest BCUT2D eigenvalue weighted by molar-refractivity contribution is 5.95. The minimum atomic E-state index is -0.282. The number of halogens is 2. The average molecular weight is 415 g/mol. The molecule has 0 radical (unpaired) electrons. The van der Waals surface area contributed by atoms with Crippen molar-refractivity contribution in [1.29, 1.82) is 0 Å². The lowest BCUT2D eigenvalue weighted by Crippen LogP contribution is -2.27. The van der Waals surface area contributed by atoms with E-state index in [9.17, 15) is 9.18 Å². The number of aromatic amines is 1. The molecule has 2 aromatic carbocycles. The quantitative estimate of drug-likeness (QED) is 0.663. The normalized spacial score (nSPS) is 15.7. The summed E-state index contributed by atoms with van der Waals surface area (Å²) in [6, 6.07) is 14.1. The zero-order valence-electron chi connectivity index (χ0n) is 16.2. The standard InChI is InChI=1S/C22H23FN4O.ClH/c1-27(14-17-13-25-26-21(17)15-6-8-18(23)9-7-15)22(28)20-5-3-2-4-19(20)16-10-11-24-12-16;/h2-9,13,16,24H,10-12,14H2,1H3,(H,25,26);1H. The van der Waals surface area contributed by atoms with Crippen LogP contribution < -0.4 is 5.32 Å². The Bertz CT molecular complexity index is 967. The minimum Gasteiger partial charge on any atom is -0.337 e. The highest BCUT2D eigenvalue weighted by atomic mass is 35.5. The topological polar surface area (TPSA) is 61.0 Å². The van der Waals surface area contributed by atoms with Gasteiger partial charge in [-0.15, -0.1) is 12.4 Å². The molecule has 1 amide bonds. The number of rotatable bonds is 5. The fourth-order valence-corrected chi connectivity index (χ4v) is 3.80. The minimum absolute atomic E-state index is 0. The predicted octanol–water partition coefficient (Wildman–Crippen LogP) is 3.99. The van der Waals surface area contributed by atoms with Crippen molar-refractivity contribution in [2.45, 2.75) is 18.9 Å². The summed E-state index contributed by atoms with van der Waals surface area (Å²) in [5, 5.41) is 10.5. The highest BCUT2D eigenvalue weighted by Gasteiger charge is 2.24. The van der Waals surface area contributed by atoms with Crippen LogP contribution >= 0.6 is 12.4 Å². The van der Waals surface area contributed by atoms with Crippen LogP contribution in [0.2, 0.25) is 0 Å². The van der Waals surface area contributed by atoms with Crippen molar-refractivity contribution in [1.82, 2.24) is 20.4 Å². The van der Waals surface area contributed by atoms with Crippen LogP contribution in [-0.4, -0.2) is 41.1 Å². The smallest absolute Gasteiger partial charge is 0.254 e. The van der Waals surface area contributed by atoms with E-state index >= 15 is 0 Å². The molecule has 1 atom stereocenters. The third kappa shape index (κ3) is 4.49. The Hall–Kier alpha value is -2.70. The van der Waals surface area contributed by atoms with E-state index in [2.05, 4.69) is 21.6 Å². The molecule has 0 saturated carbocycles. The number of nitrogens with zero attached hydrogens (tertiary/aromatic N) is 2. The third-order valence-corrected chi connectivity index (χ3v) is 5.30. The van der Waals surface area contributed by atoms with E-state index in [0.29, 0.717) is 12.5 Å². The Kier molecular flexibility index (Phi) is 6.67. The Balaban J connectivity index is 0.00000240. The first-order valence-electron chi connectivity index (χ1n) is 9.47. The molecule has 3 aromatic rings. The number of hydrogen-bond donors (Lipinski definition) is 2. The molecule has 1 saturated heterocycles. The number of carbonyl (C=O) groups is 1. The molecule has 0 spiro atoms. The van der Waals surface area contributed by atoms with Gasteiger partial charge < -0.3 is 10.2 Å². The Labute approximate surface area is 175 Å². The molecule has 2 N–H and O–H groups in total. The fraction of sp³-hybridized carbons (Fsp3) is 0.273. The molecule has 29 heavy (non-hydrogen) atoms. The number of aromatic nitrogens is 2. The van der Waals surface area contributed by atoms with Gasteiger partial charge in [-0.05, 0) is 54.8 Å². The predicted molar refractivity (Wildman–Crippen MR) is 114 cm³/mol. The summed E-state index contributed by atoms with van der Waals surface area (Å²) in [6.45, 7) is 2.31. The van der Waals surface area contributed by atoms with Crippen molar-refractivity contribution in [3.8, 4) is 11.3 Å².